The Labute approximate surface area is 151 Å². The molecular weight excluding hydrogens is 362 g/mol. The molecule has 132 valence electrons. The van der Waals surface area contributed by atoms with E-state index in [4.69, 9.17) is 17.3 Å². The van der Waals surface area contributed by atoms with Gasteiger partial charge in [0.15, 0.2) is 9.84 Å². The van der Waals surface area contributed by atoms with Gasteiger partial charge < -0.3 is 10.8 Å². The Hall–Kier alpha value is -1.89. The number of benzene rings is 2. The van der Waals surface area contributed by atoms with Gasteiger partial charge in [0.25, 0.3) is 0 Å². The molecule has 3 atom stereocenters. The van der Waals surface area contributed by atoms with Gasteiger partial charge in [0.1, 0.15) is 5.41 Å². The highest BCUT2D eigenvalue weighted by Crippen LogP contribution is 2.63. The van der Waals surface area contributed by atoms with Gasteiger partial charge in [-0.05, 0) is 36.8 Å². The highest BCUT2D eigenvalue weighted by molar-refractivity contribution is 7.92. The van der Waals surface area contributed by atoms with Crippen LogP contribution in [0, 0.1) is 12.3 Å². The molecule has 3 N–H and O–H groups in total. The lowest BCUT2D eigenvalue weighted by atomic mass is 9.99. The van der Waals surface area contributed by atoms with Gasteiger partial charge in [0, 0.05) is 17.5 Å². The summed E-state index contributed by atoms with van der Waals surface area (Å²) < 4.78 is 26.2. The van der Waals surface area contributed by atoms with Crippen molar-refractivity contribution in [3.05, 3.63) is 64.7 Å². The first-order chi connectivity index (χ1) is 11.7. The molecule has 0 radical (unpaired) electrons. The van der Waals surface area contributed by atoms with Crippen LogP contribution in [0.1, 0.15) is 17.0 Å². The van der Waals surface area contributed by atoms with Gasteiger partial charge in [-0.15, -0.1) is 0 Å². The summed E-state index contributed by atoms with van der Waals surface area (Å²) in [6.07, 6.45) is 0. The fourth-order valence-electron chi connectivity index (χ4n) is 3.49. The van der Waals surface area contributed by atoms with Crippen molar-refractivity contribution in [3.8, 4) is 0 Å². The third kappa shape index (κ3) is 2.74. The first kappa shape index (κ1) is 17.9. The molecule has 3 rings (SSSR count). The number of rotatable bonds is 5. The van der Waals surface area contributed by atoms with E-state index in [2.05, 4.69) is 0 Å². The zero-order chi connectivity index (χ0) is 18.4. The van der Waals surface area contributed by atoms with E-state index in [1.54, 1.807) is 36.4 Å². The second-order valence-electron chi connectivity index (χ2n) is 6.36. The van der Waals surface area contributed by atoms with Crippen LogP contribution in [-0.2, 0) is 14.6 Å². The van der Waals surface area contributed by atoms with Crippen LogP contribution in [0.25, 0.3) is 0 Å². The lowest BCUT2D eigenvalue weighted by molar-refractivity contribution is -0.143. The number of aryl methyl sites for hydroxylation is 1. The number of hydrogen-bond donors (Lipinski definition) is 2. The van der Waals surface area contributed by atoms with Crippen molar-refractivity contribution < 1.29 is 18.3 Å². The van der Waals surface area contributed by atoms with Crippen LogP contribution in [0.2, 0.25) is 5.02 Å². The zero-order valence-corrected chi connectivity index (χ0v) is 15.1. The van der Waals surface area contributed by atoms with E-state index in [1.807, 2.05) is 6.92 Å². The summed E-state index contributed by atoms with van der Waals surface area (Å²) in [5, 5.41) is 9.05. The maximum atomic E-state index is 13.1. The zero-order valence-electron chi connectivity index (χ0n) is 13.5. The fraction of sp³-hybridized carbons (Fsp3) is 0.278. The Morgan fingerprint density at radius 3 is 2.40 bits per heavy atom. The van der Waals surface area contributed by atoms with E-state index < -0.39 is 32.4 Å². The fourth-order valence-corrected chi connectivity index (χ4v) is 6.08. The summed E-state index contributed by atoms with van der Waals surface area (Å²) in [5.74, 6) is -1.94. The van der Waals surface area contributed by atoms with Gasteiger partial charge in [-0.2, -0.15) is 0 Å². The maximum absolute atomic E-state index is 13.1. The predicted molar refractivity (Wildman–Crippen MR) is 95.5 cm³/mol. The number of hydrogen-bond acceptors (Lipinski definition) is 4. The summed E-state index contributed by atoms with van der Waals surface area (Å²) >= 11 is 6.00. The average molecular weight is 380 g/mol. The van der Waals surface area contributed by atoms with Crippen molar-refractivity contribution in [2.24, 2.45) is 11.1 Å². The van der Waals surface area contributed by atoms with Crippen molar-refractivity contribution >= 4 is 27.4 Å². The Bertz CT molecular complexity index is 926. The molecule has 1 fully saturated rings. The molecule has 0 spiro atoms. The molecule has 7 heteroatoms. The number of carboxylic acids is 1. The van der Waals surface area contributed by atoms with E-state index in [0.717, 1.165) is 5.56 Å². The number of sulfone groups is 1. The van der Waals surface area contributed by atoms with E-state index >= 15 is 0 Å². The molecular formula is C18H18ClNO4S. The third-order valence-corrected chi connectivity index (χ3v) is 7.41. The molecule has 2 aromatic carbocycles. The number of nitrogens with two attached hydrogens (primary N) is 1. The second-order valence-corrected chi connectivity index (χ2v) is 8.87. The molecule has 1 aliphatic rings. The summed E-state index contributed by atoms with van der Waals surface area (Å²) in [7, 11) is -3.86. The smallest absolute Gasteiger partial charge is 0.312 e. The normalized spacial score (nSPS) is 25.6. The maximum Gasteiger partial charge on any atom is 0.312 e. The van der Waals surface area contributed by atoms with Crippen LogP contribution < -0.4 is 5.73 Å². The quantitative estimate of drug-likeness (QED) is 0.832. The average Bonchev–Trinajstić information content (AvgIpc) is 3.27. The Balaban J connectivity index is 2.12. The monoisotopic (exact) mass is 379 g/mol. The minimum absolute atomic E-state index is 0.103. The van der Waals surface area contributed by atoms with Gasteiger partial charge >= 0.3 is 5.97 Å². The van der Waals surface area contributed by atoms with Crippen molar-refractivity contribution in [2.75, 3.05) is 6.54 Å². The summed E-state index contributed by atoms with van der Waals surface area (Å²) in [6, 6.07) is 13.0. The lowest BCUT2D eigenvalue weighted by Gasteiger charge is -2.10. The molecule has 25 heavy (non-hydrogen) atoms. The first-order valence-electron chi connectivity index (χ1n) is 7.74. The van der Waals surface area contributed by atoms with Gasteiger partial charge in [0.05, 0.1) is 10.1 Å². The molecule has 0 heterocycles. The van der Waals surface area contributed by atoms with Crippen LogP contribution in [0.4, 0.5) is 0 Å². The van der Waals surface area contributed by atoms with E-state index in [0.29, 0.717) is 10.6 Å². The van der Waals surface area contributed by atoms with Crippen molar-refractivity contribution in [2.45, 2.75) is 23.0 Å². The highest BCUT2D eigenvalue weighted by atomic mass is 35.5. The number of aliphatic carboxylic acids is 1. The highest BCUT2D eigenvalue weighted by Gasteiger charge is 2.75. The van der Waals surface area contributed by atoms with Crippen LogP contribution >= 0.6 is 11.6 Å². The number of carboxylic acid groups (broad SMARTS) is 1. The minimum atomic E-state index is -3.86. The van der Waals surface area contributed by atoms with Gasteiger partial charge in [-0.25, -0.2) is 8.42 Å². The molecule has 2 aromatic rings. The number of carbonyl (C=O) groups is 1. The number of halogens is 1. The van der Waals surface area contributed by atoms with E-state index in [-0.39, 0.29) is 11.4 Å². The van der Waals surface area contributed by atoms with Gasteiger partial charge in [-0.1, -0.05) is 41.4 Å². The molecule has 0 aliphatic heterocycles. The predicted octanol–water partition coefficient (Wildman–Crippen LogP) is 2.62. The van der Waals surface area contributed by atoms with E-state index in [1.165, 1.54) is 12.1 Å². The summed E-state index contributed by atoms with van der Waals surface area (Å²) in [5.41, 5.74) is 5.69. The Morgan fingerprint density at radius 2 is 1.88 bits per heavy atom. The first-order valence-corrected chi connectivity index (χ1v) is 9.67. The van der Waals surface area contributed by atoms with Gasteiger partial charge in [0.2, 0.25) is 0 Å². The molecule has 0 unspecified atom stereocenters. The summed E-state index contributed by atoms with van der Waals surface area (Å²) in [4.78, 5) is 12.1. The van der Waals surface area contributed by atoms with Crippen LogP contribution in [0.3, 0.4) is 0 Å². The lowest BCUT2D eigenvalue weighted by Crippen LogP contribution is -2.31. The molecule has 0 aromatic heterocycles. The molecule has 5 nitrogen and oxygen atoms in total. The Morgan fingerprint density at radius 1 is 1.24 bits per heavy atom. The molecule has 1 saturated carbocycles. The Kier molecular flexibility index (Phi) is 4.39. The molecule has 0 saturated heterocycles. The molecule has 0 bridgehead atoms. The molecule has 0 amide bonds. The van der Waals surface area contributed by atoms with Crippen molar-refractivity contribution in [1.29, 1.82) is 0 Å². The topological polar surface area (TPSA) is 97.5 Å². The largest absolute Gasteiger partial charge is 0.481 e. The van der Waals surface area contributed by atoms with Gasteiger partial charge in [-0.3, -0.25) is 4.79 Å². The third-order valence-electron chi connectivity index (χ3n) is 4.88. The second kappa shape index (κ2) is 6.12. The van der Waals surface area contributed by atoms with E-state index in [9.17, 15) is 18.3 Å². The standard InChI is InChI=1S/C18H18ClNO4S/c1-11-5-7-14(8-6-11)25(23,24)16-15(18(16,10-20)17(21)22)12-3-2-4-13(19)9-12/h2-9,15-16H,10,20H2,1H3,(H,21,22)/t15-,16-,18+/m0/s1. The SMILES string of the molecule is Cc1ccc(S(=O)(=O)[C@H]2[C@H](c3cccc(Cl)c3)[C@@]2(CN)C(=O)O)cc1. The molecule has 1 aliphatic carbocycles. The van der Waals surface area contributed by atoms with Crippen LogP contribution in [-0.4, -0.2) is 31.3 Å². The summed E-state index contributed by atoms with van der Waals surface area (Å²) in [6.45, 7) is 1.58. The van der Waals surface area contributed by atoms with Crippen molar-refractivity contribution in [3.63, 3.8) is 0 Å². The van der Waals surface area contributed by atoms with Crippen LogP contribution in [0.15, 0.2) is 53.4 Å². The van der Waals surface area contributed by atoms with Crippen LogP contribution in [0.5, 0.6) is 0 Å². The van der Waals surface area contributed by atoms with Crippen molar-refractivity contribution in [1.82, 2.24) is 0 Å². The minimum Gasteiger partial charge on any atom is -0.481 e.